The molecule has 1 saturated heterocycles. The second-order valence-electron chi connectivity index (χ2n) is 6.36. The van der Waals surface area contributed by atoms with E-state index in [0.717, 1.165) is 4.90 Å². The van der Waals surface area contributed by atoms with E-state index in [1.54, 1.807) is 34.9 Å². The van der Waals surface area contributed by atoms with Gasteiger partial charge in [-0.2, -0.15) is 13.2 Å². The van der Waals surface area contributed by atoms with Crippen LogP contribution in [0.15, 0.2) is 11.9 Å². The average molecular weight is 322 g/mol. The van der Waals surface area contributed by atoms with Crippen LogP contribution in [0.5, 0.6) is 0 Å². The van der Waals surface area contributed by atoms with Gasteiger partial charge in [-0.3, -0.25) is 9.69 Å². The Labute approximate surface area is 127 Å². The average Bonchev–Trinajstić information content (AvgIpc) is 2.26. The Hall–Kier alpha value is -1.73. The number of Topliss-reactive ketones (excluding diaryl/α,β-unsaturated/α-hetero) is 1. The zero-order valence-electron chi connectivity index (χ0n) is 13.3. The molecule has 8 heteroatoms. The molecule has 1 atom stereocenters. The van der Waals surface area contributed by atoms with Gasteiger partial charge in [-0.25, -0.2) is 4.79 Å². The first-order valence-electron chi connectivity index (χ1n) is 6.82. The minimum atomic E-state index is -4.62. The lowest BCUT2D eigenvalue weighted by Gasteiger charge is -2.35. The highest BCUT2D eigenvalue weighted by Gasteiger charge is 2.50. The second kappa shape index (κ2) is 6.18. The molecule has 1 heterocycles. The highest BCUT2D eigenvalue weighted by molar-refractivity contribution is 6.00. The number of carbonyl (C=O) groups is 2. The third-order valence-corrected chi connectivity index (χ3v) is 2.89. The highest BCUT2D eigenvalue weighted by Crippen LogP contribution is 2.36. The number of amides is 1. The molecule has 0 aromatic carbocycles. The summed E-state index contributed by atoms with van der Waals surface area (Å²) < 4.78 is 43.9. The van der Waals surface area contributed by atoms with Crippen molar-refractivity contribution < 1.29 is 27.5 Å². The minimum Gasteiger partial charge on any atom is -0.443 e. The molecule has 0 aromatic heterocycles. The van der Waals surface area contributed by atoms with Gasteiger partial charge in [0.05, 0.1) is 0 Å². The predicted octanol–water partition coefficient (Wildman–Crippen LogP) is 2.78. The Morgan fingerprint density at radius 1 is 1.32 bits per heavy atom. The molecule has 22 heavy (non-hydrogen) atoms. The van der Waals surface area contributed by atoms with Crippen molar-refractivity contribution in [2.45, 2.75) is 39.0 Å². The third-order valence-electron chi connectivity index (χ3n) is 2.89. The first-order valence-corrected chi connectivity index (χ1v) is 6.82. The summed E-state index contributed by atoms with van der Waals surface area (Å²) in [5.74, 6) is -3.20. The quantitative estimate of drug-likeness (QED) is 0.697. The van der Waals surface area contributed by atoms with E-state index in [1.165, 1.54) is 11.1 Å². The molecule has 0 aromatic rings. The number of alkyl halides is 3. The van der Waals surface area contributed by atoms with Crippen molar-refractivity contribution in [1.82, 2.24) is 9.80 Å². The van der Waals surface area contributed by atoms with Gasteiger partial charge in [-0.05, 0) is 27.2 Å². The summed E-state index contributed by atoms with van der Waals surface area (Å²) >= 11 is 0. The number of hydrogen-bond acceptors (Lipinski definition) is 4. The standard InChI is InChI=1S/C14H21F3N2O3/c1-13(2,3)22-12(21)19-7-6-9(14(15,16)17)11(20)10(19)8-18(4)5/h8-9H,6-7H2,1-5H3. The Balaban J connectivity index is 3.10. The maximum Gasteiger partial charge on any atom is 0.414 e. The SMILES string of the molecule is CN(C)C=C1C(=O)C(C(F)(F)F)CCN1C(=O)OC(C)(C)C. The number of halogens is 3. The van der Waals surface area contributed by atoms with Crippen LogP contribution in [0.25, 0.3) is 0 Å². The van der Waals surface area contributed by atoms with Crippen LogP contribution < -0.4 is 0 Å². The van der Waals surface area contributed by atoms with Gasteiger partial charge >= 0.3 is 12.3 Å². The van der Waals surface area contributed by atoms with E-state index in [9.17, 15) is 22.8 Å². The number of ether oxygens (including phenoxy) is 1. The maximum atomic E-state index is 12.9. The van der Waals surface area contributed by atoms with Crippen LogP contribution in [0.1, 0.15) is 27.2 Å². The molecule has 0 spiro atoms. The fraction of sp³-hybridized carbons (Fsp3) is 0.714. The van der Waals surface area contributed by atoms with Crippen molar-refractivity contribution in [2.24, 2.45) is 5.92 Å². The zero-order valence-corrected chi connectivity index (χ0v) is 13.3. The number of piperidine rings is 1. The van der Waals surface area contributed by atoms with Gasteiger partial charge in [0.25, 0.3) is 0 Å². The van der Waals surface area contributed by atoms with Crippen molar-refractivity contribution in [3.8, 4) is 0 Å². The lowest BCUT2D eigenvalue weighted by Crippen LogP contribution is -2.48. The summed E-state index contributed by atoms with van der Waals surface area (Å²) in [5, 5.41) is 0. The zero-order chi connectivity index (χ0) is 17.3. The first kappa shape index (κ1) is 18.3. The van der Waals surface area contributed by atoms with Crippen LogP contribution >= 0.6 is 0 Å². The summed E-state index contributed by atoms with van der Waals surface area (Å²) in [4.78, 5) is 26.6. The van der Waals surface area contributed by atoms with Crippen LogP contribution in [-0.2, 0) is 9.53 Å². The number of likely N-dealkylation sites (tertiary alicyclic amines) is 1. The summed E-state index contributed by atoms with van der Waals surface area (Å²) in [6, 6.07) is 0. The lowest BCUT2D eigenvalue weighted by atomic mass is 9.92. The normalized spacial score (nSPS) is 22.0. The van der Waals surface area contributed by atoms with E-state index >= 15 is 0 Å². The van der Waals surface area contributed by atoms with Gasteiger partial charge in [-0.15, -0.1) is 0 Å². The van der Waals surface area contributed by atoms with Crippen molar-refractivity contribution in [2.75, 3.05) is 20.6 Å². The first-order chi connectivity index (χ1) is 9.83. The predicted molar refractivity (Wildman–Crippen MR) is 73.9 cm³/mol. The Morgan fingerprint density at radius 2 is 1.86 bits per heavy atom. The third kappa shape index (κ3) is 4.64. The van der Waals surface area contributed by atoms with Crippen LogP contribution in [0.3, 0.4) is 0 Å². The fourth-order valence-corrected chi connectivity index (χ4v) is 2.02. The Morgan fingerprint density at radius 3 is 2.27 bits per heavy atom. The fourth-order valence-electron chi connectivity index (χ4n) is 2.02. The van der Waals surface area contributed by atoms with Gasteiger partial charge in [0, 0.05) is 26.8 Å². The van der Waals surface area contributed by atoms with E-state index in [4.69, 9.17) is 4.74 Å². The molecule has 1 unspecified atom stereocenters. The van der Waals surface area contributed by atoms with Crippen LogP contribution in [0.2, 0.25) is 0 Å². The topological polar surface area (TPSA) is 49.9 Å². The summed E-state index contributed by atoms with van der Waals surface area (Å²) in [6.07, 6.45) is -4.70. The molecule has 0 bridgehead atoms. The molecule has 126 valence electrons. The lowest BCUT2D eigenvalue weighted by molar-refractivity contribution is -0.184. The highest BCUT2D eigenvalue weighted by atomic mass is 19.4. The molecule has 1 rings (SSSR count). The number of ketones is 1. The molecule has 1 aliphatic rings. The minimum absolute atomic E-state index is 0.218. The second-order valence-corrected chi connectivity index (χ2v) is 6.36. The van der Waals surface area contributed by atoms with E-state index in [-0.39, 0.29) is 12.2 Å². The molecule has 0 aliphatic carbocycles. The molecular weight excluding hydrogens is 301 g/mol. The Kier molecular flexibility index (Phi) is 5.14. The van der Waals surface area contributed by atoms with Crippen LogP contribution in [-0.4, -0.2) is 54.1 Å². The number of nitrogens with zero attached hydrogens (tertiary/aromatic N) is 2. The summed E-state index contributed by atoms with van der Waals surface area (Å²) in [7, 11) is 3.12. The van der Waals surface area contributed by atoms with E-state index in [2.05, 4.69) is 0 Å². The van der Waals surface area contributed by atoms with Gasteiger partial charge in [0.1, 0.15) is 17.2 Å². The van der Waals surface area contributed by atoms with Crippen molar-refractivity contribution >= 4 is 11.9 Å². The largest absolute Gasteiger partial charge is 0.443 e. The number of carbonyl (C=O) groups excluding carboxylic acids is 2. The van der Waals surface area contributed by atoms with Crippen molar-refractivity contribution in [3.05, 3.63) is 11.9 Å². The molecule has 1 aliphatic heterocycles. The molecular formula is C14H21F3N2O3. The molecule has 1 fully saturated rings. The number of rotatable bonds is 1. The molecule has 0 radical (unpaired) electrons. The molecule has 0 saturated carbocycles. The van der Waals surface area contributed by atoms with Crippen molar-refractivity contribution in [1.29, 1.82) is 0 Å². The Bertz CT molecular complexity index is 479. The molecule has 0 N–H and O–H groups in total. The van der Waals surface area contributed by atoms with E-state index in [1.807, 2.05) is 0 Å². The smallest absolute Gasteiger partial charge is 0.414 e. The van der Waals surface area contributed by atoms with Crippen molar-refractivity contribution in [3.63, 3.8) is 0 Å². The van der Waals surface area contributed by atoms with E-state index in [0.29, 0.717) is 0 Å². The number of allylic oxidation sites excluding steroid dienone is 1. The monoisotopic (exact) mass is 322 g/mol. The van der Waals surface area contributed by atoms with Gasteiger partial charge in [-0.1, -0.05) is 0 Å². The molecule has 1 amide bonds. The van der Waals surface area contributed by atoms with Gasteiger partial charge in [0.2, 0.25) is 0 Å². The molecule has 5 nitrogen and oxygen atoms in total. The maximum absolute atomic E-state index is 12.9. The summed E-state index contributed by atoms with van der Waals surface area (Å²) in [5.41, 5.74) is -1.10. The number of hydrogen-bond donors (Lipinski definition) is 0. The van der Waals surface area contributed by atoms with Gasteiger partial charge in [0.15, 0.2) is 5.78 Å². The van der Waals surface area contributed by atoms with Crippen LogP contribution in [0, 0.1) is 5.92 Å². The van der Waals surface area contributed by atoms with Gasteiger partial charge < -0.3 is 9.64 Å². The summed E-state index contributed by atoms with van der Waals surface area (Å²) in [6.45, 7) is 4.71. The van der Waals surface area contributed by atoms with Crippen LogP contribution in [0.4, 0.5) is 18.0 Å². The van der Waals surface area contributed by atoms with E-state index < -0.39 is 36.0 Å².